The van der Waals surface area contributed by atoms with Crippen molar-refractivity contribution in [3.05, 3.63) is 35.9 Å². The number of unbranched alkanes of at least 4 members (excludes halogenated alkanes) is 1. The second kappa shape index (κ2) is 10.8. The van der Waals surface area contributed by atoms with Crippen molar-refractivity contribution in [2.45, 2.75) is 25.3 Å². The number of carbonyl (C=O) groups excluding carboxylic acids is 1. The van der Waals surface area contributed by atoms with E-state index in [0.717, 1.165) is 12.8 Å². The molecular formula is C12H22N2O8P2. The van der Waals surface area contributed by atoms with Gasteiger partial charge in [-0.25, -0.2) is 9.13 Å². The van der Waals surface area contributed by atoms with Gasteiger partial charge < -0.3 is 31.0 Å². The molecule has 0 aliphatic heterocycles. The highest BCUT2D eigenvalue weighted by molar-refractivity contribution is 7.60. The van der Waals surface area contributed by atoms with Gasteiger partial charge in [-0.2, -0.15) is 4.31 Å². The van der Waals surface area contributed by atoms with Crippen LogP contribution >= 0.6 is 15.6 Å². The highest BCUT2D eigenvalue weighted by Crippen LogP contribution is 2.53. The summed E-state index contributed by atoms with van der Waals surface area (Å²) in [7, 11) is -10.1. The Morgan fingerprint density at radius 1 is 1.04 bits per heavy atom. The van der Waals surface area contributed by atoms with Crippen LogP contribution in [0.5, 0.6) is 0 Å². The standard InChI is InChI=1S/C12H18N2O.H4O7P2/c13-9-5-4-8-11(14)12(15)10-6-2-1-3-7-10;1-8(2,3)7-9(4,5)6/h1-3,6-7,11H,4-5,8-9,13-14H2;(H2,1,2,3)(H2,4,5,6). The van der Waals surface area contributed by atoms with E-state index in [9.17, 15) is 13.9 Å². The molecule has 0 heterocycles. The normalized spacial score (nSPS) is 12.9. The minimum Gasteiger partial charge on any atom is -0.330 e. The first-order valence-corrected chi connectivity index (χ1v) is 9.89. The summed E-state index contributed by atoms with van der Waals surface area (Å²) in [5.74, 6) is 0.0209. The molecule has 0 amide bonds. The first-order chi connectivity index (χ1) is 11.0. The topological polar surface area (TPSA) is 193 Å². The highest BCUT2D eigenvalue weighted by Gasteiger charge is 2.27. The Kier molecular flexibility index (Phi) is 10.4. The molecule has 0 bridgehead atoms. The number of phosphoric acid groups is 2. The molecule has 8 N–H and O–H groups in total. The predicted octanol–water partition coefficient (Wildman–Crippen LogP) is 0.514. The van der Waals surface area contributed by atoms with Crippen LogP contribution in [0.3, 0.4) is 0 Å². The van der Waals surface area contributed by atoms with Crippen molar-refractivity contribution in [3.8, 4) is 0 Å². The summed E-state index contributed by atoms with van der Waals surface area (Å²) in [6, 6.07) is 8.78. The fourth-order valence-electron chi connectivity index (χ4n) is 1.59. The Labute approximate surface area is 139 Å². The molecule has 1 aromatic rings. The van der Waals surface area contributed by atoms with Gasteiger partial charge in [0, 0.05) is 5.56 Å². The molecule has 1 unspecified atom stereocenters. The summed E-state index contributed by atoms with van der Waals surface area (Å²) in [5.41, 5.74) is 11.9. The van der Waals surface area contributed by atoms with Crippen LogP contribution in [0.25, 0.3) is 0 Å². The maximum Gasteiger partial charge on any atom is 0.478 e. The van der Waals surface area contributed by atoms with E-state index in [0.29, 0.717) is 18.5 Å². The van der Waals surface area contributed by atoms with Gasteiger partial charge in [0.1, 0.15) is 0 Å². The molecule has 0 aliphatic carbocycles. The molecular weight excluding hydrogens is 362 g/mol. The summed E-state index contributed by atoms with van der Waals surface area (Å²) < 4.78 is 22.2. The van der Waals surface area contributed by atoms with Gasteiger partial charge in [0.15, 0.2) is 5.78 Å². The Bertz CT molecular complexity index is 566. The van der Waals surface area contributed by atoms with Crippen molar-refractivity contribution in [3.63, 3.8) is 0 Å². The average molecular weight is 384 g/mol. The lowest BCUT2D eigenvalue weighted by atomic mass is 10.0. The lowest BCUT2D eigenvalue weighted by Crippen LogP contribution is -2.30. The number of hydrogen-bond donors (Lipinski definition) is 6. The SMILES string of the molecule is NCCCCC(N)C(=O)c1ccccc1.O=P(O)(O)OP(=O)(O)O. The number of rotatable bonds is 8. The van der Waals surface area contributed by atoms with Crippen molar-refractivity contribution in [2.24, 2.45) is 11.5 Å². The van der Waals surface area contributed by atoms with Gasteiger partial charge in [-0.05, 0) is 19.4 Å². The van der Waals surface area contributed by atoms with Gasteiger partial charge >= 0.3 is 15.6 Å². The number of carbonyl (C=O) groups is 1. The monoisotopic (exact) mass is 384 g/mol. The third-order valence-corrected chi connectivity index (χ3v) is 4.28. The molecule has 0 saturated heterocycles. The minimum atomic E-state index is -5.05. The van der Waals surface area contributed by atoms with E-state index in [2.05, 4.69) is 4.31 Å². The number of ketones is 1. The number of hydrogen-bond acceptors (Lipinski definition) is 6. The molecule has 138 valence electrons. The first-order valence-electron chi connectivity index (χ1n) is 6.83. The Balaban J connectivity index is 0.000000506. The van der Waals surface area contributed by atoms with Crippen molar-refractivity contribution >= 4 is 21.4 Å². The van der Waals surface area contributed by atoms with Gasteiger partial charge in [-0.15, -0.1) is 0 Å². The fourth-order valence-corrected chi connectivity index (χ4v) is 2.70. The van der Waals surface area contributed by atoms with E-state index >= 15 is 0 Å². The van der Waals surface area contributed by atoms with Gasteiger partial charge in [-0.3, -0.25) is 4.79 Å². The lowest BCUT2D eigenvalue weighted by molar-refractivity contribution is 0.0956. The molecule has 0 radical (unpaired) electrons. The van der Waals surface area contributed by atoms with E-state index in [-0.39, 0.29) is 11.8 Å². The molecule has 1 rings (SSSR count). The summed E-state index contributed by atoms with van der Waals surface area (Å²) in [4.78, 5) is 42.8. The highest BCUT2D eigenvalue weighted by atomic mass is 31.3. The Morgan fingerprint density at radius 2 is 1.54 bits per heavy atom. The first kappa shape index (κ1) is 23.1. The van der Waals surface area contributed by atoms with Crippen molar-refractivity contribution < 1.29 is 37.8 Å². The van der Waals surface area contributed by atoms with E-state index < -0.39 is 15.6 Å². The van der Waals surface area contributed by atoms with Crippen molar-refractivity contribution in [1.82, 2.24) is 0 Å². The zero-order chi connectivity index (χ0) is 18.8. The van der Waals surface area contributed by atoms with Gasteiger partial charge in [0.2, 0.25) is 0 Å². The van der Waals surface area contributed by atoms with Crippen molar-refractivity contribution in [1.29, 1.82) is 0 Å². The van der Waals surface area contributed by atoms with Crippen LogP contribution in [0, 0.1) is 0 Å². The zero-order valence-corrected chi connectivity index (χ0v) is 14.6. The minimum absolute atomic E-state index is 0.0209. The summed E-state index contributed by atoms with van der Waals surface area (Å²) in [5, 5.41) is 0. The molecule has 1 aromatic carbocycles. The maximum absolute atomic E-state index is 11.8. The van der Waals surface area contributed by atoms with Crippen LogP contribution in [0.4, 0.5) is 0 Å². The molecule has 0 aliphatic rings. The van der Waals surface area contributed by atoms with Crippen LogP contribution in [0.15, 0.2) is 30.3 Å². The Morgan fingerprint density at radius 3 is 1.92 bits per heavy atom. The average Bonchev–Trinajstić information content (AvgIpc) is 2.44. The van der Waals surface area contributed by atoms with Crippen LogP contribution in [-0.4, -0.2) is 37.9 Å². The summed E-state index contributed by atoms with van der Waals surface area (Å²) in [6.07, 6.45) is 2.55. The lowest BCUT2D eigenvalue weighted by Gasteiger charge is -2.09. The Hall–Kier alpha value is -0.930. The molecule has 0 spiro atoms. The van der Waals surface area contributed by atoms with E-state index in [4.69, 9.17) is 31.0 Å². The fraction of sp³-hybridized carbons (Fsp3) is 0.417. The molecule has 12 heteroatoms. The predicted molar refractivity (Wildman–Crippen MR) is 86.8 cm³/mol. The molecule has 24 heavy (non-hydrogen) atoms. The quantitative estimate of drug-likeness (QED) is 0.209. The zero-order valence-electron chi connectivity index (χ0n) is 12.8. The number of nitrogens with two attached hydrogens (primary N) is 2. The van der Waals surface area contributed by atoms with Crippen LogP contribution in [0.1, 0.15) is 29.6 Å². The largest absolute Gasteiger partial charge is 0.478 e. The number of Topliss-reactive ketones (excluding diaryl/α,β-unsaturated/α-hetero) is 1. The van der Waals surface area contributed by atoms with Gasteiger partial charge in [0.05, 0.1) is 6.04 Å². The number of benzene rings is 1. The van der Waals surface area contributed by atoms with E-state index in [1.54, 1.807) is 12.1 Å². The second-order valence-electron chi connectivity index (χ2n) is 4.68. The van der Waals surface area contributed by atoms with E-state index in [1.807, 2.05) is 18.2 Å². The molecule has 1 atom stereocenters. The van der Waals surface area contributed by atoms with Gasteiger partial charge in [-0.1, -0.05) is 36.8 Å². The van der Waals surface area contributed by atoms with Crippen molar-refractivity contribution in [2.75, 3.05) is 6.54 Å². The van der Waals surface area contributed by atoms with Crippen LogP contribution < -0.4 is 11.5 Å². The smallest absolute Gasteiger partial charge is 0.330 e. The second-order valence-corrected chi connectivity index (χ2v) is 7.30. The van der Waals surface area contributed by atoms with Gasteiger partial charge in [0.25, 0.3) is 0 Å². The third-order valence-electron chi connectivity index (χ3n) is 2.58. The van der Waals surface area contributed by atoms with E-state index in [1.165, 1.54) is 0 Å². The molecule has 10 nitrogen and oxygen atoms in total. The van der Waals surface area contributed by atoms with Crippen LogP contribution in [-0.2, 0) is 13.4 Å². The molecule has 0 fully saturated rings. The molecule has 0 aromatic heterocycles. The molecule has 0 saturated carbocycles. The summed E-state index contributed by atoms with van der Waals surface area (Å²) in [6.45, 7) is 0.659. The maximum atomic E-state index is 11.8. The third kappa shape index (κ3) is 12.5. The van der Waals surface area contributed by atoms with Crippen LogP contribution in [0.2, 0.25) is 0 Å². The summed E-state index contributed by atoms with van der Waals surface area (Å²) >= 11 is 0.